The molecule has 4 rings (SSSR count). The maximum Gasteiger partial charge on any atom is 0.257 e. The number of rotatable bonds is 9. The van der Waals surface area contributed by atoms with Crippen LogP contribution in [-0.4, -0.2) is 64.9 Å². The predicted octanol–water partition coefficient (Wildman–Crippen LogP) is 4.11. The van der Waals surface area contributed by atoms with Crippen molar-refractivity contribution in [1.82, 2.24) is 24.8 Å². The van der Waals surface area contributed by atoms with E-state index in [-0.39, 0.29) is 5.91 Å². The van der Waals surface area contributed by atoms with Crippen LogP contribution in [0, 0.1) is 0 Å². The van der Waals surface area contributed by atoms with Gasteiger partial charge in [0, 0.05) is 43.8 Å². The van der Waals surface area contributed by atoms with Crippen molar-refractivity contribution in [2.45, 2.75) is 6.54 Å². The second kappa shape index (κ2) is 10.5. The topological polar surface area (TPSA) is 87.4 Å². The lowest BCUT2D eigenvalue weighted by atomic mass is 10.2. The Morgan fingerprint density at radius 1 is 1.09 bits per heavy atom. The lowest BCUT2D eigenvalue weighted by molar-refractivity contribution is 0.102. The first-order valence-electron chi connectivity index (χ1n) is 10.5. The fourth-order valence-corrected chi connectivity index (χ4v) is 4.23. The van der Waals surface area contributed by atoms with Gasteiger partial charge in [-0.25, -0.2) is 4.98 Å². The van der Waals surface area contributed by atoms with E-state index in [1.807, 2.05) is 51.5 Å². The van der Waals surface area contributed by atoms with Crippen LogP contribution < -0.4 is 5.32 Å². The number of aromatic nitrogens is 3. The number of pyridine rings is 2. The summed E-state index contributed by atoms with van der Waals surface area (Å²) in [4.78, 5) is 31.4. The van der Waals surface area contributed by atoms with Crippen molar-refractivity contribution >= 4 is 22.4 Å². The molecule has 4 aromatic heterocycles. The van der Waals surface area contributed by atoms with Crippen LogP contribution in [0.25, 0.3) is 21.9 Å². The number of hydrogen-bond acceptors (Lipinski definition) is 8. The van der Waals surface area contributed by atoms with Gasteiger partial charge in [-0.1, -0.05) is 11.3 Å². The van der Waals surface area contributed by atoms with Gasteiger partial charge in [0.05, 0.1) is 16.8 Å². The summed E-state index contributed by atoms with van der Waals surface area (Å²) in [5.41, 5.74) is 3.03. The lowest BCUT2D eigenvalue weighted by Crippen LogP contribution is -2.28. The molecule has 0 aromatic carbocycles. The van der Waals surface area contributed by atoms with Crippen molar-refractivity contribution in [3.05, 3.63) is 72.5 Å². The third-order valence-electron chi connectivity index (χ3n) is 4.98. The predicted molar refractivity (Wildman–Crippen MR) is 130 cm³/mol. The number of furan rings is 1. The first kappa shape index (κ1) is 22.8. The molecular weight excluding hydrogens is 436 g/mol. The number of thiazole rings is 1. The molecule has 0 atom stereocenters. The van der Waals surface area contributed by atoms with Crippen LogP contribution in [0.3, 0.4) is 0 Å². The van der Waals surface area contributed by atoms with E-state index in [4.69, 9.17) is 4.42 Å². The molecule has 8 nitrogen and oxygen atoms in total. The number of anilines is 1. The molecule has 4 aromatic rings. The molecule has 0 fully saturated rings. The molecule has 0 aliphatic rings. The molecule has 0 saturated carbocycles. The maximum absolute atomic E-state index is 13.0. The number of hydrogen-bond donors (Lipinski definition) is 1. The first-order valence-corrected chi connectivity index (χ1v) is 11.4. The minimum atomic E-state index is -0.226. The van der Waals surface area contributed by atoms with Gasteiger partial charge in [0.1, 0.15) is 5.69 Å². The minimum Gasteiger partial charge on any atom is -0.463 e. The molecule has 0 saturated heterocycles. The normalized spacial score (nSPS) is 11.3. The Balaban J connectivity index is 1.52. The molecule has 0 spiro atoms. The SMILES string of the molecule is CN(C)CCN(C)Cc1cc(C(=O)Nc2nc(-c3ccco3)c(-c3ccncc3)s2)ccn1. The van der Waals surface area contributed by atoms with E-state index < -0.39 is 0 Å². The van der Waals surface area contributed by atoms with Gasteiger partial charge < -0.3 is 9.32 Å². The number of amides is 1. The fourth-order valence-electron chi connectivity index (χ4n) is 3.25. The summed E-state index contributed by atoms with van der Waals surface area (Å²) >= 11 is 1.40. The van der Waals surface area contributed by atoms with Crippen molar-refractivity contribution in [2.24, 2.45) is 0 Å². The largest absolute Gasteiger partial charge is 0.463 e. The van der Waals surface area contributed by atoms with Gasteiger partial charge in [0.15, 0.2) is 10.9 Å². The third kappa shape index (κ3) is 5.89. The van der Waals surface area contributed by atoms with E-state index in [2.05, 4.69) is 30.1 Å². The standard InChI is InChI=1S/C24H26N6O2S/c1-29(2)12-13-30(3)16-19-15-18(8-11-26-19)23(31)28-24-27-21(20-5-4-14-32-20)22(33-24)17-6-9-25-10-7-17/h4-11,14-15H,12-13,16H2,1-3H3,(H,27,28,31). The highest BCUT2D eigenvalue weighted by Crippen LogP contribution is 2.39. The van der Waals surface area contributed by atoms with Crippen LogP contribution in [0.1, 0.15) is 16.1 Å². The molecule has 33 heavy (non-hydrogen) atoms. The van der Waals surface area contributed by atoms with Crippen molar-refractivity contribution in [3.8, 4) is 21.9 Å². The van der Waals surface area contributed by atoms with E-state index in [1.54, 1.807) is 30.9 Å². The van der Waals surface area contributed by atoms with E-state index in [0.717, 1.165) is 29.2 Å². The zero-order valence-corrected chi connectivity index (χ0v) is 19.7. The molecule has 9 heteroatoms. The Morgan fingerprint density at radius 2 is 1.91 bits per heavy atom. The van der Waals surface area contributed by atoms with Crippen LogP contribution in [0.2, 0.25) is 0 Å². The smallest absolute Gasteiger partial charge is 0.257 e. The van der Waals surface area contributed by atoms with Crippen LogP contribution in [0.15, 0.2) is 65.7 Å². The minimum absolute atomic E-state index is 0.226. The van der Waals surface area contributed by atoms with Crippen molar-refractivity contribution < 1.29 is 9.21 Å². The monoisotopic (exact) mass is 462 g/mol. The van der Waals surface area contributed by atoms with E-state index >= 15 is 0 Å². The van der Waals surface area contributed by atoms with E-state index in [1.165, 1.54) is 11.3 Å². The summed E-state index contributed by atoms with van der Waals surface area (Å²) < 4.78 is 5.57. The average Bonchev–Trinajstić information content (AvgIpc) is 3.48. The average molecular weight is 463 g/mol. The summed E-state index contributed by atoms with van der Waals surface area (Å²) in [6.07, 6.45) is 6.74. The van der Waals surface area contributed by atoms with Gasteiger partial charge >= 0.3 is 0 Å². The summed E-state index contributed by atoms with van der Waals surface area (Å²) in [5, 5.41) is 3.43. The van der Waals surface area contributed by atoms with Crippen molar-refractivity contribution in [1.29, 1.82) is 0 Å². The highest BCUT2D eigenvalue weighted by atomic mass is 32.1. The highest BCUT2D eigenvalue weighted by molar-refractivity contribution is 7.19. The molecule has 0 aliphatic carbocycles. The summed E-state index contributed by atoms with van der Waals surface area (Å²) in [6, 6.07) is 11.0. The maximum atomic E-state index is 13.0. The summed E-state index contributed by atoms with van der Waals surface area (Å²) in [6.45, 7) is 2.54. The Labute approximate surface area is 196 Å². The first-order chi connectivity index (χ1) is 16.0. The molecule has 0 unspecified atom stereocenters. The molecule has 0 radical (unpaired) electrons. The number of carbonyl (C=O) groups excluding carboxylic acids is 1. The van der Waals surface area contributed by atoms with Crippen LogP contribution in [-0.2, 0) is 6.54 Å². The highest BCUT2D eigenvalue weighted by Gasteiger charge is 2.19. The molecule has 1 amide bonds. The summed E-state index contributed by atoms with van der Waals surface area (Å²) in [7, 11) is 6.14. The Hall–Kier alpha value is -3.40. The number of nitrogens with zero attached hydrogens (tertiary/aromatic N) is 5. The van der Waals surface area contributed by atoms with Gasteiger partial charge in [-0.3, -0.25) is 25.0 Å². The quantitative estimate of drug-likeness (QED) is 0.401. The van der Waals surface area contributed by atoms with E-state index in [9.17, 15) is 4.79 Å². The van der Waals surface area contributed by atoms with Crippen molar-refractivity contribution in [3.63, 3.8) is 0 Å². The van der Waals surface area contributed by atoms with Gasteiger partial charge in [0.2, 0.25) is 0 Å². The molecule has 0 aliphatic heterocycles. The molecule has 170 valence electrons. The van der Waals surface area contributed by atoms with Crippen LogP contribution >= 0.6 is 11.3 Å². The van der Waals surface area contributed by atoms with Crippen LogP contribution in [0.5, 0.6) is 0 Å². The second-order valence-corrected chi connectivity index (χ2v) is 8.94. The van der Waals surface area contributed by atoms with Gasteiger partial charge in [-0.05, 0) is 63.1 Å². The van der Waals surface area contributed by atoms with Gasteiger partial charge in [0.25, 0.3) is 5.91 Å². The number of carbonyl (C=O) groups is 1. The van der Waals surface area contributed by atoms with Crippen molar-refractivity contribution in [2.75, 3.05) is 39.5 Å². The van der Waals surface area contributed by atoms with E-state index in [0.29, 0.717) is 28.7 Å². The Morgan fingerprint density at radius 3 is 2.64 bits per heavy atom. The lowest BCUT2D eigenvalue weighted by Gasteiger charge is -2.19. The third-order valence-corrected chi connectivity index (χ3v) is 6.00. The zero-order valence-electron chi connectivity index (χ0n) is 18.9. The molecule has 4 heterocycles. The van der Waals surface area contributed by atoms with Gasteiger partial charge in [-0.15, -0.1) is 0 Å². The Kier molecular flexibility index (Phi) is 7.23. The summed E-state index contributed by atoms with van der Waals surface area (Å²) in [5.74, 6) is 0.418. The molecule has 0 bridgehead atoms. The Bertz CT molecular complexity index is 1190. The fraction of sp³-hybridized carbons (Fsp3) is 0.250. The molecule has 1 N–H and O–H groups in total. The zero-order chi connectivity index (χ0) is 23.2. The van der Waals surface area contributed by atoms with Crippen LogP contribution in [0.4, 0.5) is 5.13 Å². The second-order valence-electron chi connectivity index (χ2n) is 7.94. The molecular formula is C24H26N6O2S. The van der Waals surface area contributed by atoms with Gasteiger partial charge in [-0.2, -0.15) is 0 Å². The number of nitrogens with one attached hydrogen (secondary N) is 1. The number of likely N-dealkylation sites (N-methyl/N-ethyl adjacent to an activating group) is 2.